The Morgan fingerprint density at radius 2 is 1.82 bits per heavy atom. The molecule has 0 bridgehead atoms. The lowest BCUT2D eigenvalue weighted by atomic mass is 10.2. The van der Waals surface area contributed by atoms with E-state index in [4.69, 9.17) is 14.3 Å². The average Bonchev–Trinajstić information content (AvgIpc) is 2.70. The monoisotopic (exact) mass is 394 g/mol. The second-order valence-electron chi connectivity index (χ2n) is 5.42. The maximum Gasteiger partial charge on any atom is 0.387 e. The lowest BCUT2D eigenvalue weighted by molar-refractivity contribution is -0.125. The van der Waals surface area contributed by atoms with E-state index in [0.717, 1.165) is 5.56 Å². The van der Waals surface area contributed by atoms with Crippen molar-refractivity contribution in [1.82, 2.24) is 5.32 Å². The van der Waals surface area contributed by atoms with Gasteiger partial charge in [-0.25, -0.2) is 0 Å². The molecule has 2 aromatic carbocycles. The van der Waals surface area contributed by atoms with Crippen LogP contribution in [0, 0.1) is 0 Å². The number of carbonyl (C=O) groups excluding carboxylic acids is 1. The predicted octanol–water partition coefficient (Wildman–Crippen LogP) is 2.97. The molecular weight excluding hydrogens is 374 g/mol. The highest BCUT2D eigenvalue weighted by molar-refractivity contribution is 5.80. The Balaban J connectivity index is 1.74. The Labute approximate surface area is 160 Å². The number of rotatable bonds is 10. The molecule has 28 heavy (non-hydrogen) atoms. The number of methoxy groups -OCH3 is 2. The molecule has 2 aromatic rings. The topological polar surface area (TPSA) is 78.4 Å². The van der Waals surface area contributed by atoms with Crippen molar-refractivity contribution in [3.8, 4) is 17.2 Å². The van der Waals surface area contributed by atoms with E-state index >= 15 is 0 Å². The van der Waals surface area contributed by atoms with Gasteiger partial charge in [0.05, 0.1) is 20.4 Å². The molecule has 0 aliphatic carbocycles. The van der Waals surface area contributed by atoms with Gasteiger partial charge >= 0.3 is 6.61 Å². The van der Waals surface area contributed by atoms with Crippen molar-refractivity contribution in [3.63, 3.8) is 0 Å². The Morgan fingerprint density at radius 1 is 1.11 bits per heavy atom. The van der Waals surface area contributed by atoms with E-state index in [1.807, 2.05) is 6.07 Å². The summed E-state index contributed by atoms with van der Waals surface area (Å²) in [5.74, 6) is 0.861. The number of oxime groups is 1. The van der Waals surface area contributed by atoms with Crippen LogP contribution in [0.4, 0.5) is 8.78 Å². The van der Waals surface area contributed by atoms with Gasteiger partial charge in [-0.15, -0.1) is 0 Å². The lowest BCUT2D eigenvalue weighted by Gasteiger charge is -2.10. The van der Waals surface area contributed by atoms with Crippen LogP contribution in [0.3, 0.4) is 0 Å². The number of benzene rings is 2. The molecular formula is C19H20F2N2O5. The zero-order chi connectivity index (χ0) is 20.4. The number of nitrogens with zero attached hydrogens (tertiary/aromatic N) is 1. The normalized spacial score (nSPS) is 10.8. The first-order chi connectivity index (χ1) is 13.5. The van der Waals surface area contributed by atoms with E-state index in [0.29, 0.717) is 17.1 Å². The van der Waals surface area contributed by atoms with E-state index < -0.39 is 6.61 Å². The van der Waals surface area contributed by atoms with E-state index in [-0.39, 0.29) is 24.8 Å². The van der Waals surface area contributed by atoms with Crippen LogP contribution >= 0.6 is 0 Å². The Hall–Kier alpha value is -3.36. The van der Waals surface area contributed by atoms with Gasteiger partial charge < -0.3 is 24.4 Å². The number of carbonyl (C=O) groups is 1. The lowest BCUT2D eigenvalue weighted by Crippen LogP contribution is -2.26. The van der Waals surface area contributed by atoms with Gasteiger partial charge in [0.15, 0.2) is 18.1 Å². The molecule has 150 valence electrons. The van der Waals surface area contributed by atoms with Gasteiger partial charge in [0, 0.05) is 6.54 Å². The van der Waals surface area contributed by atoms with Gasteiger partial charge in [-0.3, -0.25) is 4.79 Å². The molecule has 0 atom stereocenters. The number of nitrogens with one attached hydrogen (secondary N) is 1. The van der Waals surface area contributed by atoms with Gasteiger partial charge in [0.2, 0.25) is 0 Å². The van der Waals surface area contributed by atoms with E-state index in [1.54, 1.807) is 19.2 Å². The molecule has 9 heteroatoms. The fraction of sp³-hybridized carbons (Fsp3) is 0.263. The predicted molar refractivity (Wildman–Crippen MR) is 98.0 cm³/mol. The molecule has 0 heterocycles. The summed E-state index contributed by atoms with van der Waals surface area (Å²) in [5, 5.41) is 6.36. The molecule has 0 saturated heterocycles. The van der Waals surface area contributed by atoms with Crippen molar-refractivity contribution in [2.45, 2.75) is 13.2 Å². The molecule has 2 rings (SSSR count). The third-order valence-corrected chi connectivity index (χ3v) is 3.51. The van der Waals surface area contributed by atoms with Crippen LogP contribution in [0.1, 0.15) is 11.1 Å². The zero-order valence-corrected chi connectivity index (χ0v) is 15.4. The first kappa shape index (κ1) is 20.9. The summed E-state index contributed by atoms with van der Waals surface area (Å²) >= 11 is 0. The van der Waals surface area contributed by atoms with Crippen molar-refractivity contribution in [3.05, 3.63) is 53.6 Å². The molecule has 0 aliphatic heterocycles. The van der Waals surface area contributed by atoms with Crippen molar-refractivity contribution in [1.29, 1.82) is 0 Å². The van der Waals surface area contributed by atoms with Crippen molar-refractivity contribution in [2.24, 2.45) is 5.16 Å². The van der Waals surface area contributed by atoms with Crippen LogP contribution in [-0.4, -0.2) is 39.6 Å². The molecule has 1 amide bonds. The maximum atomic E-state index is 12.1. The average molecular weight is 394 g/mol. The molecule has 0 saturated carbocycles. The van der Waals surface area contributed by atoms with Crippen LogP contribution in [0.2, 0.25) is 0 Å². The van der Waals surface area contributed by atoms with E-state index in [9.17, 15) is 13.6 Å². The minimum Gasteiger partial charge on any atom is -0.493 e. The number of ether oxygens (including phenoxy) is 3. The van der Waals surface area contributed by atoms with Crippen LogP contribution in [0.25, 0.3) is 0 Å². The third-order valence-electron chi connectivity index (χ3n) is 3.51. The fourth-order valence-electron chi connectivity index (χ4n) is 2.17. The summed E-state index contributed by atoms with van der Waals surface area (Å²) in [6.07, 6.45) is 1.35. The minimum atomic E-state index is -2.87. The van der Waals surface area contributed by atoms with Gasteiger partial charge in [-0.05, 0) is 47.5 Å². The molecule has 0 fully saturated rings. The number of amides is 1. The SMILES string of the molecule is COc1ccc(CNC(=O)CO/N=C\c2ccc(OC(F)F)cc2)cc1OC. The van der Waals surface area contributed by atoms with Crippen LogP contribution < -0.4 is 19.5 Å². The summed E-state index contributed by atoms with van der Waals surface area (Å²) in [6, 6.07) is 11.1. The van der Waals surface area contributed by atoms with Crippen molar-refractivity contribution in [2.75, 3.05) is 20.8 Å². The highest BCUT2D eigenvalue weighted by Crippen LogP contribution is 2.27. The summed E-state index contributed by atoms with van der Waals surface area (Å²) in [4.78, 5) is 16.7. The van der Waals surface area contributed by atoms with Crippen molar-refractivity contribution >= 4 is 12.1 Å². The largest absolute Gasteiger partial charge is 0.493 e. The molecule has 0 unspecified atom stereocenters. The van der Waals surface area contributed by atoms with Gasteiger partial charge in [-0.1, -0.05) is 11.2 Å². The zero-order valence-electron chi connectivity index (χ0n) is 15.4. The number of hydrogen-bond donors (Lipinski definition) is 1. The minimum absolute atomic E-state index is 0.0441. The van der Waals surface area contributed by atoms with Crippen LogP contribution in [0.15, 0.2) is 47.6 Å². The molecule has 0 aromatic heterocycles. The Morgan fingerprint density at radius 3 is 2.46 bits per heavy atom. The number of halogens is 2. The maximum absolute atomic E-state index is 12.1. The molecule has 7 nitrogen and oxygen atoms in total. The number of alkyl halides is 2. The second-order valence-corrected chi connectivity index (χ2v) is 5.42. The fourth-order valence-corrected chi connectivity index (χ4v) is 2.17. The Kier molecular flexibility index (Phi) is 8.01. The van der Waals surface area contributed by atoms with Crippen molar-refractivity contribution < 1.29 is 32.6 Å². The van der Waals surface area contributed by atoms with Gasteiger partial charge in [0.25, 0.3) is 5.91 Å². The molecule has 0 radical (unpaired) electrons. The quantitative estimate of drug-likeness (QED) is 0.495. The van der Waals surface area contributed by atoms with Crippen LogP contribution in [0.5, 0.6) is 17.2 Å². The molecule has 0 spiro atoms. The first-order valence-corrected chi connectivity index (χ1v) is 8.19. The highest BCUT2D eigenvalue weighted by atomic mass is 19.3. The third kappa shape index (κ3) is 6.75. The molecule has 0 aliphatic rings. The van der Waals surface area contributed by atoms with E-state index in [2.05, 4.69) is 15.2 Å². The summed E-state index contributed by atoms with van der Waals surface area (Å²) in [6.45, 7) is -2.85. The van der Waals surface area contributed by atoms with E-state index in [1.165, 1.54) is 37.6 Å². The first-order valence-electron chi connectivity index (χ1n) is 8.19. The summed E-state index contributed by atoms with van der Waals surface area (Å²) < 4.78 is 38.7. The standard InChI is InChI=1S/C19H20F2N2O5/c1-25-16-8-5-14(9-17(16)26-2)10-22-18(24)12-27-23-11-13-3-6-15(7-4-13)28-19(20)21/h3-9,11,19H,10,12H2,1-2H3,(H,22,24)/b23-11-. The summed E-state index contributed by atoms with van der Waals surface area (Å²) in [7, 11) is 3.08. The summed E-state index contributed by atoms with van der Waals surface area (Å²) in [5.41, 5.74) is 1.44. The Bertz CT molecular complexity index is 797. The number of hydrogen-bond acceptors (Lipinski definition) is 6. The smallest absolute Gasteiger partial charge is 0.387 e. The second kappa shape index (κ2) is 10.7. The van der Waals surface area contributed by atoms with Gasteiger partial charge in [0.1, 0.15) is 5.75 Å². The van der Waals surface area contributed by atoms with Crippen LogP contribution in [-0.2, 0) is 16.2 Å². The molecule has 1 N–H and O–H groups in total. The highest BCUT2D eigenvalue weighted by Gasteiger charge is 2.07. The van der Waals surface area contributed by atoms with Gasteiger partial charge in [-0.2, -0.15) is 8.78 Å².